The second-order valence-corrected chi connectivity index (χ2v) is 7.08. The van der Waals surface area contributed by atoms with E-state index >= 15 is 0 Å². The standard InChI is InChI=1S/C13H23BO2/c1-8(2)14-15-11-7-9-6-10(12(9,3)4)13(11,5)16-14/h8-11H,6-7H2,1-5H3/t9-,10-,11-,13+/m1/s1. The Labute approximate surface area is 99.2 Å². The lowest BCUT2D eigenvalue weighted by molar-refractivity contribution is -0.199. The minimum Gasteiger partial charge on any atom is -0.405 e. The van der Waals surface area contributed by atoms with Crippen molar-refractivity contribution in [1.82, 2.24) is 0 Å². The van der Waals surface area contributed by atoms with Gasteiger partial charge in [0.2, 0.25) is 0 Å². The summed E-state index contributed by atoms with van der Waals surface area (Å²) in [7, 11) is 0.0187. The van der Waals surface area contributed by atoms with Crippen LogP contribution in [0.5, 0.6) is 0 Å². The van der Waals surface area contributed by atoms with Gasteiger partial charge in [0.15, 0.2) is 0 Å². The average Bonchev–Trinajstić information content (AvgIpc) is 2.54. The van der Waals surface area contributed by atoms with Crippen LogP contribution in [-0.4, -0.2) is 18.8 Å². The van der Waals surface area contributed by atoms with Gasteiger partial charge >= 0.3 is 7.12 Å². The van der Waals surface area contributed by atoms with Gasteiger partial charge in [0.1, 0.15) is 0 Å². The molecule has 0 aromatic rings. The lowest BCUT2D eigenvalue weighted by Gasteiger charge is -2.64. The Hall–Kier alpha value is -0.0151. The van der Waals surface area contributed by atoms with Crippen molar-refractivity contribution in [3.63, 3.8) is 0 Å². The van der Waals surface area contributed by atoms with E-state index in [4.69, 9.17) is 9.31 Å². The van der Waals surface area contributed by atoms with Gasteiger partial charge in [-0.05, 0) is 42.8 Å². The summed E-state index contributed by atoms with van der Waals surface area (Å²) < 4.78 is 12.4. The van der Waals surface area contributed by atoms with Gasteiger partial charge in [-0.3, -0.25) is 0 Å². The van der Waals surface area contributed by atoms with Crippen LogP contribution < -0.4 is 0 Å². The summed E-state index contributed by atoms with van der Waals surface area (Å²) in [5, 5.41) is 0. The molecule has 3 saturated carbocycles. The van der Waals surface area contributed by atoms with Crippen molar-refractivity contribution in [3.8, 4) is 0 Å². The summed E-state index contributed by atoms with van der Waals surface area (Å²) in [4.78, 5) is 0. The molecule has 1 aliphatic heterocycles. The molecule has 3 aliphatic carbocycles. The third-order valence-corrected chi connectivity index (χ3v) is 5.51. The first kappa shape index (κ1) is 11.1. The van der Waals surface area contributed by atoms with Crippen molar-refractivity contribution >= 4 is 7.12 Å². The molecule has 0 spiro atoms. The Morgan fingerprint density at radius 1 is 1.19 bits per heavy atom. The second-order valence-electron chi connectivity index (χ2n) is 7.08. The van der Waals surface area contributed by atoms with Crippen LogP contribution in [0.4, 0.5) is 0 Å². The first-order valence-electron chi connectivity index (χ1n) is 6.69. The molecule has 4 aliphatic rings. The van der Waals surface area contributed by atoms with E-state index in [2.05, 4.69) is 34.6 Å². The highest BCUT2D eigenvalue weighted by Crippen LogP contribution is 2.65. The van der Waals surface area contributed by atoms with Gasteiger partial charge in [0.05, 0.1) is 11.7 Å². The SMILES string of the molecule is CC(C)B1O[C@@H]2C[C@H]3C[C@H](C3(C)C)[C@]2(C)O1. The molecular weight excluding hydrogens is 199 g/mol. The molecule has 0 aromatic carbocycles. The summed E-state index contributed by atoms with van der Waals surface area (Å²) >= 11 is 0. The maximum absolute atomic E-state index is 6.28. The molecule has 1 heterocycles. The van der Waals surface area contributed by atoms with Crippen LogP contribution in [0.1, 0.15) is 47.5 Å². The molecule has 90 valence electrons. The topological polar surface area (TPSA) is 18.5 Å². The Kier molecular flexibility index (Phi) is 2.12. The molecule has 4 fully saturated rings. The van der Waals surface area contributed by atoms with Gasteiger partial charge in [0.25, 0.3) is 0 Å². The monoisotopic (exact) mass is 222 g/mol. The van der Waals surface area contributed by atoms with Crippen LogP contribution >= 0.6 is 0 Å². The molecule has 0 aromatic heterocycles. The van der Waals surface area contributed by atoms with Crippen molar-refractivity contribution in [2.75, 3.05) is 0 Å². The van der Waals surface area contributed by atoms with Crippen LogP contribution in [-0.2, 0) is 9.31 Å². The zero-order valence-corrected chi connectivity index (χ0v) is 11.1. The highest BCUT2D eigenvalue weighted by Gasteiger charge is 2.67. The molecule has 0 N–H and O–H groups in total. The summed E-state index contributed by atoms with van der Waals surface area (Å²) in [6.07, 6.45) is 2.88. The molecule has 2 nitrogen and oxygen atoms in total. The van der Waals surface area contributed by atoms with E-state index in [0.29, 0.717) is 23.3 Å². The van der Waals surface area contributed by atoms with Gasteiger partial charge in [-0.1, -0.05) is 27.7 Å². The summed E-state index contributed by atoms with van der Waals surface area (Å²) in [5.74, 6) is 2.00. The Balaban J connectivity index is 1.87. The maximum Gasteiger partial charge on any atom is 0.460 e. The second kappa shape index (κ2) is 3.05. The first-order chi connectivity index (χ1) is 7.35. The van der Waals surface area contributed by atoms with Crippen LogP contribution in [0.2, 0.25) is 5.82 Å². The Bertz CT molecular complexity index is 315. The van der Waals surface area contributed by atoms with Crippen molar-refractivity contribution in [2.45, 2.75) is 65.0 Å². The minimum absolute atomic E-state index is 0.0187. The predicted octanol–water partition coefficient (Wildman–Crippen LogP) is 3.12. The highest BCUT2D eigenvalue weighted by atomic mass is 16.7. The van der Waals surface area contributed by atoms with E-state index in [9.17, 15) is 0 Å². The number of rotatable bonds is 1. The number of hydrogen-bond acceptors (Lipinski definition) is 2. The van der Waals surface area contributed by atoms with E-state index in [-0.39, 0.29) is 12.7 Å². The first-order valence-corrected chi connectivity index (χ1v) is 6.69. The molecule has 2 bridgehead atoms. The molecule has 3 heteroatoms. The molecule has 4 atom stereocenters. The van der Waals surface area contributed by atoms with Crippen LogP contribution in [0.15, 0.2) is 0 Å². The minimum atomic E-state index is -0.0206. The summed E-state index contributed by atoms with van der Waals surface area (Å²) in [6.45, 7) is 11.4. The quantitative estimate of drug-likeness (QED) is 0.634. The van der Waals surface area contributed by atoms with Gasteiger partial charge < -0.3 is 9.31 Å². The normalized spacial score (nSPS) is 49.1. The predicted molar refractivity (Wildman–Crippen MR) is 65.2 cm³/mol. The van der Waals surface area contributed by atoms with E-state index in [0.717, 1.165) is 5.92 Å². The highest BCUT2D eigenvalue weighted by molar-refractivity contribution is 6.47. The van der Waals surface area contributed by atoms with E-state index in [1.165, 1.54) is 12.8 Å². The number of hydrogen-bond donors (Lipinski definition) is 0. The van der Waals surface area contributed by atoms with Crippen molar-refractivity contribution in [1.29, 1.82) is 0 Å². The van der Waals surface area contributed by atoms with Crippen molar-refractivity contribution < 1.29 is 9.31 Å². The Morgan fingerprint density at radius 2 is 1.88 bits per heavy atom. The fourth-order valence-corrected chi connectivity index (χ4v) is 4.19. The third-order valence-electron chi connectivity index (χ3n) is 5.51. The molecule has 16 heavy (non-hydrogen) atoms. The molecule has 1 saturated heterocycles. The van der Waals surface area contributed by atoms with E-state index in [1.807, 2.05) is 0 Å². The fraction of sp³-hybridized carbons (Fsp3) is 1.00. The van der Waals surface area contributed by atoms with Gasteiger partial charge in [-0.15, -0.1) is 0 Å². The zero-order chi connectivity index (χ0) is 11.7. The zero-order valence-electron chi connectivity index (χ0n) is 11.1. The largest absolute Gasteiger partial charge is 0.460 e. The smallest absolute Gasteiger partial charge is 0.405 e. The average molecular weight is 222 g/mol. The fourth-order valence-electron chi connectivity index (χ4n) is 4.19. The molecule has 0 unspecified atom stereocenters. The summed E-state index contributed by atoms with van der Waals surface area (Å²) in [5.41, 5.74) is 0.438. The van der Waals surface area contributed by atoms with Crippen LogP contribution in [0, 0.1) is 17.3 Å². The van der Waals surface area contributed by atoms with Gasteiger partial charge in [0, 0.05) is 0 Å². The van der Waals surface area contributed by atoms with Crippen LogP contribution in [0.25, 0.3) is 0 Å². The van der Waals surface area contributed by atoms with E-state index < -0.39 is 0 Å². The third kappa shape index (κ3) is 1.17. The molecule has 0 radical (unpaired) electrons. The van der Waals surface area contributed by atoms with Crippen molar-refractivity contribution in [2.24, 2.45) is 17.3 Å². The maximum atomic E-state index is 6.28. The summed E-state index contributed by atoms with van der Waals surface area (Å²) in [6, 6.07) is 0. The molecule has 0 amide bonds. The van der Waals surface area contributed by atoms with Crippen LogP contribution in [0.3, 0.4) is 0 Å². The lowest BCUT2D eigenvalue weighted by Crippen LogP contribution is -2.65. The lowest BCUT2D eigenvalue weighted by atomic mass is 9.43. The Morgan fingerprint density at radius 3 is 2.44 bits per heavy atom. The molecule has 4 rings (SSSR count). The molecular formula is C13H23BO2. The van der Waals surface area contributed by atoms with Gasteiger partial charge in [-0.2, -0.15) is 0 Å². The van der Waals surface area contributed by atoms with E-state index in [1.54, 1.807) is 0 Å². The van der Waals surface area contributed by atoms with Gasteiger partial charge in [-0.25, -0.2) is 0 Å². The van der Waals surface area contributed by atoms with Crippen molar-refractivity contribution in [3.05, 3.63) is 0 Å².